The molecule has 0 fully saturated rings. The van der Waals surface area contributed by atoms with E-state index in [2.05, 4.69) is 0 Å². The molecule has 1 aromatic carbocycles. The summed E-state index contributed by atoms with van der Waals surface area (Å²) in [6.07, 6.45) is -5.92. The Labute approximate surface area is 110 Å². The maximum atomic E-state index is 12.2. The van der Waals surface area contributed by atoms with E-state index in [4.69, 9.17) is 4.74 Å². The number of hydrogen-bond acceptors (Lipinski definition) is 3. The highest BCUT2D eigenvalue weighted by Crippen LogP contribution is 2.34. The minimum atomic E-state index is -4.20. The average molecular weight is 277 g/mol. The lowest BCUT2D eigenvalue weighted by Gasteiger charge is -2.25. The van der Waals surface area contributed by atoms with E-state index in [1.54, 1.807) is 32.2 Å². The van der Waals surface area contributed by atoms with Crippen molar-refractivity contribution in [1.29, 1.82) is 0 Å². The van der Waals surface area contributed by atoms with Crippen LogP contribution in [0, 0.1) is 0 Å². The molecule has 0 heterocycles. The van der Waals surface area contributed by atoms with E-state index in [9.17, 15) is 18.3 Å². The van der Waals surface area contributed by atoms with Gasteiger partial charge in [0.05, 0.1) is 19.6 Å². The topological polar surface area (TPSA) is 32.7 Å². The van der Waals surface area contributed by atoms with Crippen LogP contribution in [0.3, 0.4) is 0 Å². The number of rotatable bonds is 5. The number of aliphatic hydroxyl groups excluding tert-OH is 1. The first kappa shape index (κ1) is 15.6. The normalized spacial score (nSPS) is 13.2. The monoisotopic (exact) mass is 277 g/mol. The molecular weight excluding hydrogens is 259 g/mol. The lowest BCUT2D eigenvalue weighted by Crippen LogP contribution is -2.25. The van der Waals surface area contributed by atoms with E-state index in [0.717, 1.165) is 0 Å². The Morgan fingerprint density at radius 2 is 2.00 bits per heavy atom. The largest absolute Gasteiger partial charge is 0.496 e. The average Bonchev–Trinajstić information content (AvgIpc) is 2.33. The highest BCUT2D eigenvalue weighted by atomic mass is 19.4. The standard InChI is InChI=1S/C13H18F3NO2/c1-9(18)12-10(5-4-6-11(12)19-3)17(2)8-7-13(14,15)16/h4-6,9,18H,7-8H2,1-3H3. The van der Waals surface area contributed by atoms with Gasteiger partial charge in [0.15, 0.2) is 0 Å². The summed E-state index contributed by atoms with van der Waals surface area (Å²) < 4.78 is 41.8. The molecular formula is C13H18F3NO2. The quantitative estimate of drug-likeness (QED) is 0.897. The molecule has 0 amide bonds. The van der Waals surface area contributed by atoms with E-state index >= 15 is 0 Å². The predicted molar refractivity (Wildman–Crippen MR) is 67.6 cm³/mol. The van der Waals surface area contributed by atoms with Crippen LogP contribution in [-0.4, -0.2) is 32.0 Å². The SMILES string of the molecule is COc1cccc(N(C)CCC(F)(F)F)c1C(C)O. The van der Waals surface area contributed by atoms with Crippen molar-refractivity contribution in [2.24, 2.45) is 0 Å². The summed E-state index contributed by atoms with van der Waals surface area (Å²) in [5.74, 6) is 0.464. The molecule has 0 aliphatic carbocycles. The Kier molecular flexibility index (Phi) is 5.05. The molecule has 0 spiro atoms. The van der Waals surface area contributed by atoms with Crippen LogP contribution in [0.25, 0.3) is 0 Å². The molecule has 108 valence electrons. The lowest BCUT2D eigenvalue weighted by molar-refractivity contribution is -0.132. The van der Waals surface area contributed by atoms with Crippen molar-refractivity contribution in [1.82, 2.24) is 0 Å². The van der Waals surface area contributed by atoms with Crippen LogP contribution >= 0.6 is 0 Å². The summed E-state index contributed by atoms with van der Waals surface area (Å²) in [7, 11) is 3.02. The molecule has 1 aromatic rings. The smallest absolute Gasteiger partial charge is 0.390 e. The summed E-state index contributed by atoms with van der Waals surface area (Å²) in [6, 6.07) is 5.02. The fraction of sp³-hybridized carbons (Fsp3) is 0.538. The highest BCUT2D eigenvalue weighted by molar-refractivity contribution is 5.60. The number of alkyl halides is 3. The molecule has 0 aliphatic heterocycles. The van der Waals surface area contributed by atoms with Crippen molar-refractivity contribution >= 4 is 5.69 Å². The third-order valence-corrected chi connectivity index (χ3v) is 2.82. The third kappa shape index (κ3) is 4.31. The molecule has 0 saturated heterocycles. The summed E-state index contributed by atoms with van der Waals surface area (Å²) in [5, 5.41) is 9.76. The van der Waals surface area contributed by atoms with Crippen molar-refractivity contribution in [3.8, 4) is 5.75 Å². The van der Waals surface area contributed by atoms with Crippen LogP contribution in [-0.2, 0) is 0 Å². The van der Waals surface area contributed by atoms with Gasteiger partial charge in [-0.05, 0) is 19.1 Å². The number of benzene rings is 1. The fourth-order valence-electron chi connectivity index (χ4n) is 1.88. The first-order valence-electron chi connectivity index (χ1n) is 5.89. The molecule has 3 nitrogen and oxygen atoms in total. The number of anilines is 1. The van der Waals surface area contributed by atoms with Gasteiger partial charge in [-0.25, -0.2) is 0 Å². The second-order valence-corrected chi connectivity index (χ2v) is 4.36. The molecule has 1 rings (SSSR count). The van der Waals surface area contributed by atoms with Gasteiger partial charge in [0.1, 0.15) is 5.75 Å². The molecule has 0 saturated carbocycles. The predicted octanol–water partition coefficient (Wildman–Crippen LogP) is 3.14. The first-order valence-corrected chi connectivity index (χ1v) is 5.89. The summed E-state index contributed by atoms with van der Waals surface area (Å²) in [4.78, 5) is 1.47. The Morgan fingerprint density at radius 1 is 1.37 bits per heavy atom. The van der Waals surface area contributed by atoms with Crippen LogP contribution in [0.15, 0.2) is 18.2 Å². The minimum Gasteiger partial charge on any atom is -0.496 e. The molecule has 0 aliphatic rings. The van der Waals surface area contributed by atoms with Gasteiger partial charge in [0.2, 0.25) is 0 Å². The second-order valence-electron chi connectivity index (χ2n) is 4.36. The molecule has 1 N–H and O–H groups in total. The number of ether oxygens (including phenoxy) is 1. The fourth-order valence-corrected chi connectivity index (χ4v) is 1.88. The van der Waals surface area contributed by atoms with Gasteiger partial charge in [-0.3, -0.25) is 0 Å². The van der Waals surface area contributed by atoms with Crippen molar-refractivity contribution in [2.75, 3.05) is 25.6 Å². The summed E-state index contributed by atoms with van der Waals surface area (Å²) in [6.45, 7) is 1.38. The Morgan fingerprint density at radius 3 is 2.47 bits per heavy atom. The van der Waals surface area contributed by atoms with E-state index < -0.39 is 18.7 Å². The Bertz CT molecular complexity index is 419. The van der Waals surface area contributed by atoms with Gasteiger partial charge in [-0.2, -0.15) is 13.2 Å². The van der Waals surface area contributed by atoms with Crippen LogP contribution in [0.5, 0.6) is 5.75 Å². The van der Waals surface area contributed by atoms with E-state index in [0.29, 0.717) is 17.0 Å². The zero-order valence-corrected chi connectivity index (χ0v) is 11.2. The molecule has 1 unspecified atom stereocenters. The Balaban J connectivity index is 2.99. The van der Waals surface area contributed by atoms with Crippen LogP contribution in [0.4, 0.5) is 18.9 Å². The molecule has 0 radical (unpaired) electrons. The second kappa shape index (κ2) is 6.14. The number of nitrogens with zero attached hydrogens (tertiary/aromatic N) is 1. The zero-order chi connectivity index (χ0) is 14.6. The number of hydrogen-bond donors (Lipinski definition) is 1. The number of methoxy groups -OCH3 is 1. The maximum absolute atomic E-state index is 12.2. The first-order chi connectivity index (χ1) is 8.76. The molecule has 6 heteroatoms. The van der Waals surface area contributed by atoms with Gasteiger partial charge in [0, 0.05) is 24.8 Å². The van der Waals surface area contributed by atoms with Crippen molar-refractivity contribution in [2.45, 2.75) is 25.6 Å². The molecule has 0 aromatic heterocycles. The van der Waals surface area contributed by atoms with Gasteiger partial charge >= 0.3 is 6.18 Å². The van der Waals surface area contributed by atoms with E-state index in [-0.39, 0.29) is 6.54 Å². The summed E-state index contributed by atoms with van der Waals surface area (Å²) in [5.41, 5.74) is 1.04. The molecule has 1 atom stereocenters. The van der Waals surface area contributed by atoms with Gasteiger partial charge in [0.25, 0.3) is 0 Å². The van der Waals surface area contributed by atoms with Gasteiger partial charge in [-0.1, -0.05) is 6.07 Å². The van der Waals surface area contributed by atoms with Crippen molar-refractivity contribution in [3.63, 3.8) is 0 Å². The number of halogens is 3. The van der Waals surface area contributed by atoms with Crippen LogP contribution in [0.1, 0.15) is 25.0 Å². The minimum absolute atomic E-state index is 0.170. The number of aliphatic hydroxyl groups is 1. The van der Waals surface area contributed by atoms with E-state index in [1.807, 2.05) is 0 Å². The van der Waals surface area contributed by atoms with Gasteiger partial charge < -0.3 is 14.7 Å². The molecule has 19 heavy (non-hydrogen) atoms. The van der Waals surface area contributed by atoms with E-state index in [1.165, 1.54) is 12.0 Å². The highest BCUT2D eigenvalue weighted by Gasteiger charge is 2.28. The molecule has 0 bridgehead atoms. The summed E-state index contributed by atoms with van der Waals surface area (Å²) >= 11 is 0. The lowest BCUT2D eigenvalue weighted by atomic mass is 10.1. The van der Waals surface area contributed by atoms with Crippen LogP contribution < -0.4 is 9.64 Å². The zero-order valence-electron chi connectivity index (χ0n) is 11.2. The third-order valence-electron chi connectivity index (χ3n) is 2.82. The van der Waals surface area contributed by atoms with Crippen LogP contribution in [0.2, 0.25) is 0 Å². The van der Waals surface area contributed by atoms with Gasteiger partial charge in [-0.15, -0.1) is 0 Å². The Hall–Kier alpha value is -1.43. The van der Waals surface area contributed by atoms with Crippen molar-refractivity contribution < 1.29 is 23.0 Å². The van der Waals surface area contributed by atoms with Crippen molar-refractivity contribution in [3.05, 3.63) is 23.8 Å². The maximum Gasteiger partial charge on any atom is 0.390 e.